The van der Waals surface area contributed by atoms with Crippen molar-refractivity contribution in [1.82, 2.24) is 4.98 Å². The second-order valence-electron chi connectivity index (χ2n) is 8.14. The van der Waals surface area contributed by atoms with Crippen molar-refractivity contribution < 1.29 is 14.6 Å². The third-order valence-corrected chi connectivity index (χ3v) is 6.13. The van der Waals surface area contributed by atoms with Crippen LogP contribution in [-0.4, -0.2) is 30.2 Å². The first kappa shape index (κ1) is 21.8. The normalized spacial score (nSPS) is 13.9. The Morgan fingerprint density at radius 3 is 2.31 bits per heavy atom. The second-order valence-corrected chi connectivity index (χ2v) is 8.14. The van der Waals surface area contributed by atoms with Crippen LogP contribution in [0.1, 0.15) is 45.5 Å². The highest BCUT2D eigenvalue weighted by molar-refractivity contribution is 5.93. The van der Waals surface area contributed by atoms with Gasteiger partial charge < -0.3 is 20.1 Å². The molecule has 3 aromatic rings. The average molecular weight is 432 g/mol. The average Bonchev–Trinajstić information content (AvgIpc) is 3.31. The number of aromatic nitrogens is 1. The predicted molar refractivity (Wildman–Crippen MR) is 127 cm³/mol. The Balaban J connectivity index is 0.000000189. The van der Waals surface area contributed by atoms with Gasteiger partial charge in [-0.25, -0.2) is 4.79 Å². The van der Waals surface area contributed by atoms with Gasteiger partial charge in [0.15, 0.2) is 0 Å². The molecule has 0 saturated carbocycles. The first-order valence-corrected chi connectivity index (χ1v) is 11.0. The lowest BCUT2D eigenvalue weighted by Gasteiger charge is -2.23. The van der Waals surface area contributed by atoms with E-state index in [2.05, 4.69) is 58.6 Å². The summed E-state index contributed by atoms with van der Waals surface area (Å²) in [6.07, 6.45) is 8.07. The number of carbonyl (C=O) groups is 1. The Labute approximate surface area is 188 Å². The Kier molecular flexibility index (Phi) is 6.71. The summed E-state index contributed by atoms with van der Waals surface area (Å²) in [5.41, 5.74) is 9.04. The number of anilines is 3. The number of nitrogens with one attached hydrogen (secondary N) is 1. The number of hydrogen-bond donors (Lipinski definition) is 2. The lowest BCUT2D eigenvalue weighted by Crippen LogP contribution is -2.11. The molecule has 6 heteroatoms. The van der Waals surface area contributed by atoms with E-state index in [4.69, 9.17) is 9.84 Å². The number of aryl methyl sites for hydroxylation is 2. The molecule has 0 unspecified atom stereocenters. The molecule has 2 N–H and O–H groups in total. The van der Waals surface area contributed by atoms with Crippen molar-refractivity contribution in [3.8, 4) is 0 Å². The highest BCUT2D eigenvalue weighted by atomic mass is 16.5. The maximum atomic E-state index is 10.5. The molecule has 2 heterocycles. The van der Waals surface area contributed by atoms with Crippen molar-refractivity contribution in [2.75, 3.05) is 24.3 Å². The van der Waals surface area contributed by atoms with Crippen LogP contribution in [0.2, 0.25) is 0 Å². The monoisotopic (exact) mass is 431 g/mol. The van der Waals surface area contributed by atoms with Crippen LogP contribution in [0.15, 0.2) is 54.9 Å². The number of pyridine rings is 1. The van der Waals surface area contributed by atoms with Gasteiger partial charge in [0.05, 0.1) is 30.7 Å². The van der Waals surface area contributed by atoms with Crippen molar-refractivity contribution in [3.63, 3.8) is 0 Å². The number of carboxylic acids is 1. The van der Waals surface area contributed by atoms with Gasteiger partial charge >= 0.3 is 5.97 Å². The zero-order valence-corrected chi connectivity index (χ0v) is 18.6. The molecule has 0 amide bonds. The quantitative estimate of drug-likeness (QED) is 0.593. The smallest absolute Gasteiger partial charge is 0.337 e. The molecule has 2 aliphatic rings. The summed E-state index contributed by atoms with van der Waals surface area (Å²) in [5, 5.41) is 11.4. The molecule has 0 saturated heterocycles. The highest BCUT2D eigenvalue weighted by Gasteiger charge is 2.15. The Morgan fingerprint density at radius 2 is 1.62 bits per heavy atom. The number of benzene rings is 2. The molecule has 0 atom stereocenters. The van der Waals surface area contributed by atoms with E-state index < -0.39 is 5.97 Å². The van der Waals surface area contributed by atoms with Crippen molar-refractivity contribution in [3.05, 3.63) is 82.7 Å². The van der Waals surface area contributed by atoms with Gasteiger partial charge in [0, 0.05) is 31.7 Å². The van der Waals surface area contributed by atoms with Gasteiger partial charge in [0.1, 0.15) is 0 Å². The molecule has 5 rings (SSSR count). The summed E-state index contributed by atoms with van der Waals surface area (Å²) in [6, 6.07) is 15.1. The second kappa shape index (κ2) is 9.83. The number of ether oxygens (including phenoxy) is 1. The molecule has 166 valence electrons. The molecular formula is C26H29N3O3. The number of fused-ring (bicyclic) bond motifs is 2. The fraction of sp³-hybridized carbons (Fsp3) is 0.308. The van der Waals surface area contributed by atoms with Crippen LogP contribution in [0.4, 0.5) is 17.1 Å². The molecule has 0 bridgehead atoms. The molecule has 0 fully saturated rings. The molecule has 2 aromatic carbocycles. The van der Waals surface area contributed by atoms with Gasteiger partial charge in [0.2, 0.25) is 0 Å². The summed E-state index contributed by atoms with van der Waals surface area (Å²) in [5.74, 6) is -0.947. The summed E-state index contributed by atoms with van der Waals surface area (Å²) >= 11 is 0. The standard InChI is InChI=1S/C19H21NO.C7H8N2O2/c1-20(19-9-7-16-12-21-13-17(16)11-19)18-8-6-14-4-2-3-5-15(14)10-18;1-8-6-4-9-3-2-5(6)7(10)11/h6-11H,2-5,12-13H2,1H3;2-4,8H,1H3,(H,10,11). The summed E-state index contributed by atoms with van der Waals surface area (Å²) in [4.78, 5) is 16.6. The molecular weight excluding hydrogens is 402 g/mol. The van der Waals surface area contributed by atoms with Gasteiger partial charge in [0.25, 0.3) is 0 Å². The van der Waals surface area contributed by atoms with E-state index in [1.807, 2.05) is 0 Å². The van der Waals surface area contributed by atoms with Crippen molar-refractivity contribution in [1.29, 1.82) is 0 Å². The highest BCUT2D eigenvalue weighted by Crippen LogP contribution is 2.31. The van der Waals surface area contributed by atoms with Gasteiger partial charge in [-0.15, -0.1) is 0 Å². The molecule has 1 aliphatic heterocycles. The fourth-order valence-corrected chi connectivity index (χ4v) is 4.22. The minimum atomic E-state index is -0.947. The van der Waals surface area contributed by atoms with E-state index in [-0.39, 0.29) is 5.56 Å². The van der Waals surface area contributed by atoms with Crippen molar-refractivity contribution in [2.45, 2.75) is 38.9 Å². The minimum absolute atomic E-state index is 0.238. The zero-order chi connectivity index (χ0) is 22.5. The van der Waals surface area contributed by atoms with Crippen molar-refractivity contribution >= 4 is 23.0 Å². The van der Waals surface area contributed by atoms with E-state index in [0.717, 1.165) is 13.2 Å². The van der Waals surface area contributed by atoms with Crippen LogP contribution in [0, 0.1) is 0 Å². The largest absolute Gasteiger partial charge is 0.478 e. The Bertz CT molecular complexity index is 1110. The number of rotatable bonds is 4. The van der Waals surface area contributed by atoms with Gasteiger partial charge in [-0.1, -0.05) is 12.1 Å². The summed E-state index contributed by atoms with van der Waals surface area (Å²) in [6.45, 7) is 1.51. The van der Waals surface area contributed by atoms with E-state index in [1.165, 1.54) is 72.2 Å². The third kappa shape index (κ3) is 4.75. The van der Waals surface area contributed by atoms with Crippen LogP contribution >= 0.6 is 0 Å². The molecule has 1 aromatic heterocycles. The number of nitrogens with zero attached hydrogens (tertiary/aromatic N) is 2. The van der Waals surface area contributed by atoms with Crippen LogP contribution in [0.25, 0.3) is 0 Å². The number of hydrogen-bond acceptors (Lipinski definition) is 5. The van der Waals surface area contributed by atoms with Gasteiger partial charge in [-0.3, -0.25) is 4.98 Å². The SMILES string of the molecule is CN(c1ccc2c(c1)CCCC2)c1ccc2c(c1)COC2.CNc1cnccc1C(=O)O. The first-order valence-electron chi connectivity index (χ1n) is 11.0. The molecule has 1 aliphatic carbocycles. The van der Waals surface area contributed by atoms with Gasteiger partial charge in [-0.2, -0.15) is 0 Å². The number of carboxylic acid groups (broad SMARTS) is 1. The number of aromatic carboxylic acids is 1. The lowest BCUT2D eigenvalue weighted by atomic mass is 9.91. The maximum Gasteiger partial charge on any atom is 0.337 e. The van der Waals surface area contributed by atoms with Crippen molar-refractivity contribution in [2.24, 2.45) is 0 Å². The molecule has 6 nitrogen and oxygen atoms in total. The Morgan fingerprint density at radius 1 is 0.969 bits per heavy atom. The maximum absolute atomic E-state index is 10.5. The lowest BCUT2D eigenvalue weighted by molar-refractivity contribution is 0.0698. The first-order chi connectivity index (χ1) is 15.6. The predicted octanol–water partition coefficient (Wildman–Crippen LogP) is 5.19. The Hall–Kier alpha value is -3.38. The van der Waals surface area contributed by atoms with Gasteiger partial charge in [-0.05, 0) is 78.3 Å². The fourth-order valence-electron chi connectivity index (χ4n) is 4.22. The summed E-state index contributed by atoms with van der Waals surface area (Å²) in [7, 11) is 3.81. The minimum Gasteiger partial charge on any atom is -0.478 e. The molecule has 0 radical (unpaired) electrons. The van der Waals surface area contributed by atoms with E-state index in [0.29, 0.717) is 5.69 Å². The topological polar surface area (TPSA) is 74.7 Å². The zero-order valence-electron chi connectivity index (χ0n) is 18.6. The van der Waals surface area contributed by atoms with E-state index in [9.17, 15) is 4.79 Å². The third-order valence-electron chi connectivity index (χ3n) is 6.13. The van der Waals surface area contributed by atoms with E-state index in [1.54, 1.807) is 12.6 Å². The molecule has 32 heavy (non-hydrogen) atoms. The molecule has 0 spiro atoms. The van der Waals surface area contributed by atoms with Crippen LogP contribution < -0.4 is 10.2 Å². The van der Waals surface area contributed by atoms with Crippen LogP contribution in [-0.2, 0) is 30.8 Å². The van der Waals surface area contributed by atoms with Crippen LogP contribution in [0.3, 0.4) is 0 Å². The van der Waals surface area contributed by atoms with E-state index >= 15 is 0 Å². The van der Waals surface area contributed by atoms with Crippen LogP contribution in [0.5, 0.6) is 0 Å². The summed E-state index contributed by atoms with van der Waals surface area (Å²) < 4.78 is 5.51.